The van der Waals surface area contributed by atoms with Crippen molar-refractivity contribution in [3.05, 3.63) is 29.6 Å². The first-order valence-corrected chi connectivity index (χ1v) is 9.32. The minimum absolute atomic E-state index is 0.0486. The van der Waals surface area contributed by atoms with E-state index in [1.165, 1.54) is 19.2 Å². The third-order valence-electron chi connectivity index (χ3n) is 4.76. The van der Waals surface area contributed by atoms with Crippen molar-refractivity contribution in [3.63, 3.8) is 0 Å². The number of hydrogen-bond acceptors (Lipinski definition) is 5. The van der Waals surface area contributed by atoms with Gasteiger partial charge in [-0.3, -0.25) is 9.69 Å². The normalized spacial score (nSPS) is 24.8. The standard InChI is InChI=1S/C17H23FN2O3S/c1-22-13-2-3-14(15(18)10-13)16(21)19-11-17(4-9-24-12-17)20-5-7-23-8-6-20/h2-3,10H,4-9,11-12H2,1H3,(H,19,21). The van der Waals surface area contributed by atoms with Crippen molar-refractivity contribution in [2.24, 2.45) is 0 Å². The summed E-state index contributed by atoms with van der Waals surface area (Å²) in [5.74, 6) is 1.54. The van der Waals surface area contributed by atoms with Crippen LogP contribution >= 0.6 is 11.8 Å². The molecule has 0 bridgehead atoms. The van der Waals surface area contributed by atoms with E-state index < -0.39 is 5.82 Å². The second-order valence-corrected chi connectivity index (χ2v) is 7.26. The molecule has 0 saturated carbocycles. The third-order valence-corrected chi connectivity index (χ3v) is 6.00. The number of halogens is 1. The molecule has 0 spiro atoms. The number of rotatable bonds is 5. The largest absolute Gasteiger partial charge is 0.497 e. The van der Waals surface area contributed by atoms with E-state index in [2.05, 4.69) is 10.2 Å². The van der Waals surface area contributed by atoms with Crippen molar-refractivity contribution in [2.45, 2.75) is 12.0 Å². The molecule has 132 valence electrons. The molecule has 1 aromatic carbocycles. The van der Waals surface area contributed by atoms with Gasteiger partial charge in [-0.05, 0) is 24.3 Å². The van der Waals surface area contributed by atoms with Crippen LogP contribution in [0.5, 0.6) is 5.75 Å². The van der Waals surface area contributed by atoms with Crippen LogP contribution in [-0.4, -0.2) is 67.8 Å². The van der Waals surface area contributed by atoms with Gasteiger partial charge in [-0.25, -0.2) is 4.39 Å². The Bertz CT molecular complexity index is 587. The summed E-state index contributed by atoms with van der Waals surface area (Å²) in [5, 5.41) is 2.94. The van der Waals surface area contributed by atoms with Crippen LogP contribution in [-0.2, 0) is 4.74 Å². The number of ether oxygens (including phenoxy) is 2. The van der Waals surface area contributed by atoms with Crippen molar-refractivity contribution in [3.8, 4) is 5.75 Å². The molecule has 2 saturated heterocycles. The Kier molecular flexibility index (Phi) is 5.63. The second kappa shape index (κ2) is 7.72. The summed E-state index contributed by atoms with van der Waals surface area (Å²) in [7, 11) is 1.47. The summed E-state index contributed by atoms with van der Waals surface area (Å²) < 4.78 is 24.5. The monoisotopic (exact) mass is 354 g/mol. The van der Waals surface area contributed by atoms with Gasteiger partial charge in [-0.2, -0.15) is 11.8 Å². The van der Waals surface area contributed by atoms with Gasteiger partial charge in [0.05, 0.1) is 25.9 Å². The third kappa shape index (κ3) is 3.68. The van der Waals surface area contributed by atoms with Crippen LogP contribution in [0.15, 0.2) is 18.2 Å². The van der Waals surface area contributed by atoms with E-state index in [9.17, 15) is 9.18 Å². The van der Waals surface area contributed by atoms with Crippen molar-refractivity contribution < 1.29 is 18.7 Å². The lowest BCUT2D eigenvalue weighted by Gasteiger charge is -2.43. The maximum Gasteiger partial charge on any atom is 0.254 e. The average molecular weight is 354 g/mol. The van der Waals surface area contributed by atoms with E-state index >= 15 is 0 Å². The van der Waals surface area contributed by atoms with Crippen molar-refractivity contribution >= 4 is 17.7 Å². The molecule has 2 heterocycles. The molecule has 1 unspecified atom stereocenters. The maximum absolute atomic E-state index is 14.1. The summed E-state index contributed by atoms with van der Waals surface area (Å²) in [6.45, 7) is 3.76. The quantitative estimate of drug-likeness (QED) is 0.873. The van der Waals surface area contributed by atoms with Crippen LogP contribution in [0.3, 0.4) is 0 Å². The van der Waals surface area contributed by atoms with Gasteiger partial charge in [0.25, 0.3) is 5.91 Å². The fraction of sp³-hybridized carbons (Fsp3) is 0.588. The molecule has 2 aliphatic rings. The van der Waals surface area contributed by atoms with Gasteiger partial charge in [0, 0.05) is 37.0 Å². The number of carbonyl (C=O) groups is 1. The van der Waals surface area contributed by atoms with Crippen LogP contribution < -0.4 is 10.1 Å². The van der Waals surface area contributed by atoms with Gasteiger partial charge in [0.15, 0.2) is 0 Å². The molecule has 3 rings (SSSR count). The van der Waals surface area contributed by atoms with E-state index in [4.69, 9.17) is 9.47 Å². The van der Waals surface area contributed by atoms with Gasteiger partial charge in [-0.1, -0.05) is 0 Å². The summed E-state index contributed by atoms with van der Waals surface area (Å²) in [5.41, 5.74) is 0.00568. The first-order valence-electron chi connectivity index (χ1n) is 8.17. The van der Waals surface area contributed by atoms with E-state index in [1.54, 1.807) is 6.07 Å². The number of carbonyl (C=O) groups excluding carboxylic acids is 1. The molecule has 1 amide bonds. The molecule has 0 aliphatic carbocycles. The van der Waals surface area contributed by atoms with E-state index in [-0.39, 0.29) is 17.0 Å². The van der Waals surface area contributed by atoms with Crippen LogP contribution in [0, 0.1) is 5.82 Å². The van der Waals surface area contributed by atoms with Crippen molar-refractivity contribution in [1.82, 2.24) is 10.2 Å². The maximum atomic E-state index is 14.1. The zero-order valence-electron chi connectivity index (χ0n) is 13.8. The predicted molar refractivity (Wildman–Crippen MR) is 92.4 cm³/mol. The zero-order chi connectivity index (χ0) is 17.0. The SMILES string of the molecule is COc1ccc(C(=O)NCC2(N3CCOCC3)CCSC2)c(F)c1. The molecule has 0 aromatic heterocycles. The van der Waals surface area contributed by atoms with Gasteiger partial charge >= 0.3 is 0 Å². The van der Waals surface area contributed by atoms with Crippen LogP contribution in [0.1, 0.15) is 16.8 Å². The Morgan fingerprint density at radius 2 is 2.25 bits per heavy atom. The molecule has 1 aromatic rings. The Labute approximate surface area is 145 Å². The number of morpholine rings is 1. The van der Waals surface area contributed by atoms with Crippen LogP contribution in [0.4, 0.5) is 4.39 Å². The smallest absolute Gasteiger partial charge is 0.254 e. The fourth-order valence-corrected chi connectivity index (χ4v) is 4.76. The summed E-state index contributed by atoms with van der Waals surface area (Å²) in [4.78, 5) is 14.8. The number of amides is 1. The Morgan fingerprint density at radius 1 is 1.46 bits per heavy atom. The predicted octanol–water partition coefficient (Wildman–Crippen LogP) is 1.77. The topological polar surface area (TPSA) is 50.8 Å². The molecular formula is C17H23FN2O3S. The van der Waals surface area contributed by atoms with Gasteiger partial charge in [0.1, 0.15) is 11.6 Å². The summed E-state index contributed by atoms with van der Waals surface area (Å²) in [6, 6.07) is 4.30. The highest BCUT2D eigenvalue weighted by molar-refractivity contribution is 7.99. The highest BCUT2D eigenvalue weighted by atomic mass is 32.2. The molecule has 1 N–H and O–H groups in total. The Hall–Kier alpha value is -1.31. The number of nitrogens with one attached hydrogen (secondary N) is 1. The highest BCUT2D eigenvalue weighted by Crippen LogP contribution is 2.33. The van der Waals surface area contributed by atoms with Gasteiger partial charge < -0.3 is 14.8 Å². The number of benzene rings is 1. The Balaban J connectivity index is 1.67. The van der Waals surface area contributed by atoms with Crippen LogP contribution in [0.2, 0.25) is 0 Å². The van der Waals surface area contributed by atoms with Gasteiger partial charge in [-0.15, -0.1) is 0 Å². The number of hydrogen-bond donors (Lipinski definition) is 1. The lowest BCUT2D eigenvalue weighted by atomic mass is 9.95. The van der Waals surface area contributed by atoms with Crippen molar-refractivity contribution in [1.29, 1.82) is 0 Å². The molecule has 7 heteroatoms. The first-order chi connectivity index (χ1) is 11.6. The van der Waals surface area contributed by atoms with E-state index in [0.29, 0.717) is 12.3 Å². The lowest BCUT2D eigenvalue weighted by molar-refractivity contribution is -0.0129. The minimum Gasteiger partial charge on any atom is -0.497 e. The van der Waals surface area contributed by atoms with Crippen LogP contribution in [0.25, 0.3) is 0 Å². The minimum atomic E-state index is -0.562. The summed E-state index contributed by atoms with van der Waals surface area (Å²) >= 11 is 1.91. The molecule has 0 radical (unpaired) electrons. The zero-order valence-corrected chi connectivity index (χ0v) is 14.7. The molecule has 24 heavy (non-hydrogen) atoms. The molecular weight excluding hydrogens is 331 g/mol. The average Bonchev–Trinajstić information content (AvgIpc) is 3.10. The molecule has 5 nitrogen and oxygen atoms in total. The number of nitrogens with zero attached hydrogens (tertiary/aromatic N) is 1. The fourth-order valence-electron chi connectivity index (χ4n) is 3.28. The van der Waals surface area contributed by atoms with Crippen molar-refractivity contribution in [2.75, 3.05) is 51.5 Å². The Morgan fingerprint density at radius 3 is 2.88 bits per heavy atom. The van der Waals surface area contributed by atoms with E-state index in [1.807, 2.05) is 11.8 Å². The lowest BCUT2D eigenvalue weighted by Crippen LogP contribution is -2.59. The molecule has 2 aliphatic heterocycles. The highest BCUT2D eigenvalue weighted by Gasteiger charge is 2.41. The van der Waals surface area contributed by atoms with E-state index in [0.717, 1.165) is 44.2 Å². The number of methoxy groups -OCH3 is 1. The summed E-state index contributed by atoms with van der Waals surface area (Å²) in [6.07, 6.45) is 1.03. The first kappa shape index (κ1) is 17.5. The number of thioether (sulfide) groups is 1. The molecule has 1 atom stereocenters. The van der Waals surface area contributed by atoms with Gasteiger partial charge in [0.2, 0.25) is 0 Å². The second-order valence-electron chi connectivity index (χ2n) is 6.15. The molecule has 2 fully saturated rings.